The van der Waals surface area contributed by atoms with Gasteiger partial charge in [-0.15, -0.1) is 0 Å². The molecule has 0 radical (unpaired) electrons. The summed E-state index contributed by atoms with van der Waals surface area (Å²) in [5.41, 5.74) is 2.95. The van der Waals surface area contributed by atoms with E-state index in [-0.39, 0.29) is 17.7 Å². The number of aryl methyl sites for hydroxylation is 1. The lowest BCUT2D eigenvalue weighted by Crippen LogP contribution is -2.27. The second-order valence-corrected chi connectivity index (χ2v) is 8.31. The van der Waals surface area contributed by atoms with Gasteiger partial charge in [0.1, 0.15) is 11.5 Å². The van der Waals surface area contributed by atoms with Crippen LogP contribution in [0.5, 0.6) is 0 Å². The summed E-state index contributed by atoms with van der Waals surface area (Å²) in [4.78, 5) is 26.7. The molecular weight excluding hydrogens is 438 g/mol. The first-order chi connectivity index (χ1) is 13.5. The van der Waals surface area contributed by atoms with Crippen molar-refractivity contribution in [2.75, 3.05) is 0 Å². The van der Waals surface area contributed by atoms with Crippen LogP contribution >= 0.6 is 27.7 Å². The first kappa shape index (κ1) is 18.8. The van der Waals surface area contributed by atoms with E-state index in [4.69, 9.17) is 4.42 Å². The maximum absolute atomic E-state index is 12.7. The van der Waals surface area contributed by atoms with Crippen LogP contribution in [-0.4, -0.2) is 16.0 Å². The molecule has 6 heteroatoms. The fourth-order valence-electron chi connectivity index (χ4n) is 2.92. The monoisotopic (exact) mass is 453 g/mol. The Morgan fingerprint density at radius 2 is 1.79 bits per heavy atom. The van der Waals surface area contributed by atoms with Crippen molar-refractivity contribution in [3.63, 3.8) is 0 Å². The summed E-state index contributed by atoms with van der Waals surface area (Å²) in [6.07, 6.45) is 1.63. The molecule has 0 saturated carbocycles. The van der Waals surface area contributed by atoms with Gasteiger partial charge in [-0.1, -0.05) is 52.3 Å². The van der Waals surface area contributed by atoms with Crippen molar-refractivity contribution < 1.29 is 14.0 Å². The van der Waals surface area contributed by atoms with Gasteiger partial charge in [0.25, 0.3) is 11.1 Å². The molecule has 0 spiro atoms. The van der Waals surface area contributed by atoms with Gasteiger partial charge in [0.15, 0.2) is 0 Å². The zero-order valence-corrected chi connectivity index (χ0v) is 17.4. The molecule has 140 valence electrons. The summed E-state index contributed by atoms with van der Waals surface area (Å²) in [6.45, 7) is 2.24. The Labute approximate surface area is 175 Å². The highest BCUT2D eigenvalue weighted by Crippen LogP contribution is 2.34. The van der Waals surface area contributed by atoms with Gasteiger partial charge in [-0.2, -0.15) is 0 Å². The van der Waals surface area contributed by atoms with E-state index >= 15 is 0 Å². The third-order valence-electron chi connectivity index (χ3n) is 4.49. The highest BCUT2D eigenvalue weighted by Gasteiger charge is 2.35. The maximum Gasteiger partial charge on any atom is 0.293 e. The smallest absolute Gasteiger partial charge is 0.293 e. The summed E-state index contributed by atoms with van der Waals surface area (Å²) in [5, 5.41) is -0.265. The van der Waals surface area contributed by atoms with Crippen LogP contribution in [0, 0.1) is 6.92 Å². The normalized spacial score (nSPS) is 15.6. The van der Waals surface area contributed by atoms with Crippen molar-refractivity contribution in [2.45, 2.75) is 13.5 Å². The average molecular weight is 454 g/mol. The van der Waals surface area contributed by atoms with Gasteiger partial charge in [0.05, 0.1) is 11.4 Å². The number of nitrogens with zero attached hydrogens (tertiary/aromatic N) is 1. The number of rotatable bonds is 4. The van der Waals surface area contributed by atoms with Crippen molar-refractivity contribution in [2.24, 2.45) is 0 Å². The van der Waals surface area contributed by atoms with E-state index < -0.39 is 0 Å². The molecule has 0 unspecified atom stereocenters. The molecule has 28 heavy (non-hydrogen) atoms. The molecule has 1 fully saturated rings. The molecule has 0 atom stereocenters. The van der Waals surface area contributed by atoms with Gasteiger partial charge < -0.3 is 4.42 Å². The third kappa shape index (κ3) is 3.84. The molecule has 3 aromatic rings. The second kappa shape index (κ2) is 7.81. The molecular formula is C22H16BrNO3S. The molecule has 2 amide bonds. The van der Waals surface area contributed by atoms with Gasteiger partial charge in [-0.25, -0.2) is 0 Å². The van der Waals surface area contributed by atoms with Crippen LogP contribution in [0.3, 0.4) is 0 Å². The van der Waals surface area contributed by atoms with E-state index in [0.29, 0.717) is 16.4 Å². The molecule has 2 heterocycles. The van der Waals surface area contributed by atoms with Crippen LogP contribution in [0.4, 0.5) is 4.79 Å². The SMILES string of the molecule is Cc1ccccc1CN1C(=O)S/C(=C\c2ccc(-c3ccc(Br)cc3)o2)C1=O. The third-order valence-corrected chi connectivity index (χ3v) is 5.93. The zero-order valence-electron chi connectivity index (χ0n) is 15.0. The second-order valence-electron chi connectivity index (χ2n) is 6.40. The van der Waals surface area contributed by atoms with E-state index in [9.17, 15) is 9.59 Å². The van der Waals surface area contributed by atoms with Crippen molar-refractivity contribution >= 4 is 44.9 Å². The molecule has 0 aliphatic carbocycles. The Kier molecular flexibility index (Phi) is 5.24. The minimum Gasteiger partial charge on any atom is -0.457 e. The Bertz CT molecular complexity index is 1090. The number of imide groups is 1. The number of carbonyl (C=O) groups is 2. The summed E-state index contributed by atoms with van der Waals surface area (Å²) in [5.74, 6) is 0.956. The topological polar surface area (TPSA) is 50.5 Å². The number of hydrogen-bond donors (Lipinski definition) is 0. The molecule has 2 aromatic carbocycles. The van der Waals surface area contributed by atoms with Crippen LogP contribution in [0.15, 0.2) is 74.5 Å². The molecule has 1 aliphatic rings. The van der Waals surface area contributed by atoms with E-state index in [0.717, 1.165) is 32.9 Å². The summed E-state index contributed by atoms with van der Waals surface area (Å²) < 4.78 is 6.83. The van der Waals surface area contributed by atoms with Gasteiger partial charge >= 0.3 is 0 Å². The predicted octanol–water partition coefficient (Wildman–Crippen LogP) is 6.25. The summed E-state index contributed by atoms with van der Waals surface area (Å²) >= 11 is 4.35. The van der Waals surface area contributed by atoms with Crippen LogP contribution in [0.25, 0.3) is 17.4 Å². The van der Waals surface area contributed by atoms with E-state index in [1.807, 2.05) is 61.5 Å². The van der Waals surface area contributed by atoms with E-state index in [1.165, 1.54) is 4.90 Å². The van der Waals surface area contributed by atoms with Crippen LogP contribution < -0.4 is 0 Å². The number of benzene rings is 2. The lowest BCUT2D eigenvalue weighted by atomic mass is 10.1. The van der Waals surface area contributed by atoms with Crippen LogP contribution in [0.1, 0.15) is 16.9 Å². The van der Waals surface area contributed by atoms with Crippen molar-refractivity contribution in [1.29, 1.82) is 0 Å². The van der Waals surface area contributed by atoms with Crippen LogP contribution in [-0.2, 0) is 11.3 Å². The standard InChI is InChI=1S/C22H16BrNO3S/c1-14-4-2-3-5-16(14)13-24-21(25)20(28-22(24)26)12-18-10-11-19(27-18)15-6-8-17(23)9-7-15/h2-12H,13H2,1H3/b20-12-. The maximum atomic E-state index is 12.7. The minimum absolute atomic E-state index is 0.265. The summed E-state index contributed by atoms with van der Waals surface area (Å²) in [7, 11) is 0. The van der Waals surface area contributed by atoms with E-state index in [1.54, 1.807) is 12.1 Å². The van der Waals surface area contributed by atoms with Crippen molar-refractivity contribution in [3.05, 3.63) is 86.9 Å². The molecule has 1 saturated heterocycles. The first-order valence-electron chi connectivity index (χ1n) is 8.67. The lowest BCUT2D eigenvalue weighted by Gasteiger charge is -2.14. The average Bonchev–Trinajstić information content (AvgIpc) is 3.24. The highest BCUT2D eigenvalue weighted by atomic mass is 79.9. The quantitative estimate of drug-likeness (QED) is 0.437. The number of amides is 2. The molecule has 1 aromatic heterocycles. The molecule has 4 rings (SSSR count). The van der Waals surface area contributed by atoms with E-state index in [2.05, 4.69) is 15.9 Å². The molecule has 0 bridgehead atoms. The van der Waals surface area contributed by atoms with Gasteiger partial charge in [-0.05, 0) is 54.1 Å². The lowest BCUT2D eigenvalue weighted by molar-refractivity contribution is -0.123. The minimum atomic E-state index is -0.292. The zero-order chi connectivity index (χ0) is 19.7. The Hall–Kier alpha value is -2.57. The van der Waals surface area contributed by atoms with Gasteiger partial charge in [0, 0.05) is 16.1 Å². The number of hydrogen-bond acceptors (Lipinski definition) is 4. The van der Waals surface area contributed by atoms with Gasteiger partial charge in [-0.3, -0.25) is 14.5 Å². The fourth-order valence-corrected chi connectivity index (χ4v) is 4.01. The number of halogens is 1. The van der Waals surface area contributed by atoms with Crippen molar-refractivity contribution in [1.82, 2.24) is 4.90 Å². The predicted molar refractivity (Wildman–Crippen MR) is 115 cm³/mol. The number of thioether (sulfide) groups is 1. The summed E-state index contributed by atoms with van der Waals surface area (Å²) in [6, 6.07) is 19.2. The molecule has 4 nitrogen and oxygen atoms in total. The Balaban J connectivity index is 1.54. The number of carbonyl (C=O) groups excluding carboxylic acids is 2. The number of furan rings is 1. The van der Waals surface area contributed by atoms with Gasteiger partial charge in [0.2, 0.25) is 0 Å². The fraction of sp³-hybridized carbons (Fsp3) is 0.0909. The molecule has 0 N–H and O–H groups in total. The Morgan fingerprint density at radius 3 is 2.54 bits per heavy atom. The highest BCUT2D eigenvalue weighted by molar-refractivity contribution is 9.10. The Morgan fingerprint density at radius 1 is 1.04 bits per heavy atom. The largest absolute Gasteiger partial charge is 0.457 e. The first-order valence-corrected chi connectivity index (χ1v) is 10.3. The van der Waals surface area contributed by atoms with Crippen molar-refractivity contribution in [3.8, 4) is 11.3 Å². The van der Waals surface area contributed by atoms with Crippen LogP contribution in [0.2, 0.25) is 0 Å². The molecule has 1 aliphatic heterocycles.